The number of nitrogens with zero attached hydrogens (tertiary/aromatic N) is 3. The quantitative estimate of drug-likeness (QED) is 0.268. The fourth-order valence-corrected chi connectivity index (χ4v) is 2.34. The molecule has 0 bridgehead atoms. The summed E-state index contributed by atoms with van der Waals surface area (Å²) in [5, 5.41) is 11.6. The van der Waals surface area contributed by atoms with Crippen LogP contribution in [-0.4, -0.2) is 17.3 Å². The van der Waals surface area contributed by atoms with E-state index in [0.717, 1.165) is 0 Å². The van der Waals surface area contributed by atoms with Gasteiger partial charge in [-0.25, -0.2) is 4.74 Å². The maximum Gasteiger partial charge on any atom is 0.349 e. The zero-order valence-corrected chi connectivity index (χ0v) is 13.3. The molecule has 120 valence electrons. The Labute approximate surface area is 142 Å². The summed E-state index contributed by atoms with van der Waals surface area (Å²) in [4.78, 5) is 11.0. The standard InChI is InChI=1S/C14H12Cl2N4O3/c15-13(19-7-4-10(5-8-19)12(17)21)23-14(16)20-6-2-1-3-11(20)9-18-22/h1-9,13-14H,(H-,17,21)/p+2. The van der Waals surface area contributed by atoms with Gasteiger partial charge in [-0.3, -0.25) is 4.79 Å². The Morgan fingerprint density at radius 2 is 1.91 bits per heavy atom. The molecule has 23 heavy (non-hydrogen) atoms. The number of ether oxygens (including phenoxy) is 1. The van der Waals surface area contributed by atoms with Crippen molar-refractivity contribution in [3.63, 3.8) is 0 Å². The molecule has 1 amide bonds. The minimum Gasteiger partial charge on any atom is -0.411 e. The third kappa shape index (κ3) is 4.38. The first-order chi connectivity index (χ1) is 11.0. The van der Waals surface area contributed by atoms with E-state index in [0.29, 0.717) is 11.3 Å². The van der Waals surface area contributed by atoms with E-state index in [1.54, 1.807) is 36.8 Å². The summed E-state index contributed by atoms with van der Waals surface area (Å²) in [5.74, 6) is -0.535. The van der Waals surface area contributed by atoms with Crippen LogP contribution in [0.1, 0.15) is 27.4 Å². The molecule has 2 atom stereocenters. The first-order valence-electron chi connectivity index (χ1n) is 6.44. The molecule has 0 saturated heterocycles. The van der Waals surface area contributed by atoms with E-state index in [2.05, 4.69) is 5.16 Å². The van der Waals surface area contributed by atoms with Crippen molar-refractivity contribution in [2.75, 3.05) is 0 Å². The molecule has 2 aromatic heterocycles. The molecule has 2 aromatic rings. The van der Waals surface area contributed by atoms with Gasteiger partial charge >= 0.3 is 11.4 Å². The molecule has 2 unspecified atom stereocenters. The topological polar surface area (TPSA) is 92.7 Å². The van der Waals surface area contributed by atoms with Crippen LogP contribution in [0.2, 0.25) is 0 Å². The molecule has 0 saturated carbocycles. The predicted octanol–water partition coefficient (Wildman–Crippen LogP) is 1.28. The average molecular weight is 357 g/mol. The summed E-state index contributed by atoms with van der Waals surface area (Å²) in [5.41, 5.74) is 4.17. The molecule has 0 aliphatic rings. The maximum absolute atomic E-state index is 11.0. The average Bonchev–Trinajstić information content (AvgIpc) is 2.55. The smallest absolute Gasteiger partial charge is 0.349 e. The maximum atomic E-state index is 11.0. The van der Waals surface area contributed by atoms with Crippen molar-refractivity contribution in [2.45, 2.75) is 11.4 Å². The summed E-state index contributed by atoms with van der Waals surface area (Å²) in [6.45, 7) is 0. The van der Waals surface area contributed by atoms with Gasteiger partial charge in [0.25, 0.3) is 0 Å². The van der Waals surface area contributed by atoms with Crippen LogP contribution in [0.15, 0.2) is 54.1 Å². The van der Waals surface area contributed by atoms with Crippen molar-refractivity contribution in [2.24, 2.45) is 10.9 Å². The Balaban J connectivity index is 2.13. The van der Waals surface area contributed by atoms with Crippen molar-refractivity contribution in [1.82, 2.24) is 0 Å². The zero-order valence-electron chi connectivity index (χ0n) is 11.8. The number of aromatic nitrogens is 2. The fourth-order valence-electron chi connectivity index (χ4n) is 1.79. The largest absolute Gasteiger partial charge is 0.411 e. The van der Waals surface area contributed by atoms with Gasteiger partial charge in [-0.1, -0.05) is 5.16 Å². The number of halogens is 2. The molecular weight excluding hydrogens is 343 g/mol. The van der Waals surface area contributed by atoms with Crippen molar-refractivity contribution in [1.29, 1.82) is 0 Å². The number of amides is 1. The molecule has 2 heterocycles. The number of rotatable bonds is 6. The Morgan fingerprint density at radius 3 is 2.52 bits per heavy atom. The number of primary amides is 1. The number of oxime groups is 1. The van der Waals surface area contributed by atoms with Gasteiger partial charge in [-0.2, -0.15) is 9.13 Å². The van der Waals surface area contributed by atoms with Crippen LogP contribution in [0.25, 0.3) is 0 Å². The lowest BCUT2D eigenvalue weighted by atomic mass is 10.2. The van der Waals surface area contributed by atoms with Crippen molar-refractivity contribution >= 4 is 35.3 Å². The van der Waals surface area contributed by atoms with E-state index in [9.17, 15) is 4.79 Å². The lowest BCUT2D eigenvalue weighted by molar-refractivity contribution is -0.797. The van der Waals surface area contributed by atoms with Gasteiger partial charge in [-0.05, 0) is 29.3 Å². The number of nitrogens with two attached hydrogens (primary N) is 1. The monoisotopic (exact) mass is 356 g/mol. The van der Waals surface area contributed by atoms with E-state index in [1.807, 2.05) is 0 Å². The van der Waals surface area contributed by atoms with Crippen LogP contribution >= 0.6 is 23.2 Å². The molecule has 0 aliphatic carbocycles. The summed E-state index contributed by atoms with van der Waals surface area (Å²) in [6.07, 6.45) is 5.97. The number of carbonyl (C=O) groups excluding carboxylic acids is 1. The summed E-state index contributed by atoms with van der Waals surface area (Å²) in [7, 11) is 0. The highest BCUT2D eigenvalue weighted by atomic mass is 35.5. The molecular formula is C14H14Cl2N4O3+2. The Kier molecular flexibility index (Phi) is 5.86. The lowest BCUT2D eigenvalue weighted by Gasteiger charge is -2.10. The van der Waals surface area contributed by atoms with E-state index < -0.39 is 17.3 Å². The number of hydrogen-bond donors (Lipinski definition) is 2. The van der Waals surface area contributed by atoms with E-state index in [-0.39, 0.29) is 0 Å². The molecule has 0 spiro atoms. The fraction of sp³-hybridized carbons (Fsp3) is 0.143. The molecule has 9 heteroatoms. The van der Waals surface area contributed by atoms with Gasteiger partial charge in [0.15, 0.2) is 18.6 Å². The third-order valence-electron chi connectivity index (χ3n) is 2.93. The van der Waals surface area contributed by atoms with Crippen LogP contribution in [0.3, 0.4) is 0 Å². The predicted molar refractivity (Wildman–Crippen MR) is 82.0 cm³/mol. The zero-order chi connectivity index (χ0) is 16.8. The van der Waals surface area contributed by atoms with E-state index in [1.165, 1.54) is 27.5 Å². The van der Waals surface area contributed by atoms with Crippen molar-refractivity contribution in [3.05, 3.63) is 60.2 Å². The second-order valence-corrected chi connectivity index (χ2v) is 5.14. The molecule has 0 fully saturated rings. The van der Waals surface area contributed by atoms with Crippen molar-refractivity contribution < 1.29 is 23.9 Å². The van der Waals surface area contributed by atoms with E-state index in [4.69, 9.17) is 38.9 Å². The SMILES string of the molecule is NC(=O)c1cc[n+](C(Cl)OC(Cl)[n+]2ccccc2C=NO)cc1. The first kappa shape index (κ1) is 17.1. The van der Waals surface area contributed by atoms with Crippen LogP contribution in [0.4, 0.5) is 0 Å². The Hall–Kier alpha value is -2.22. The molecule has 2 rings (SSSR count). The van der Waals surface area contributed by atoms with Crippen LogP contribution in [0, 0.1) is 0 Å². The highest BCUT2D eigenvalue weighted by Gasteiger charge is 2.27. The Morgan fingerprint density at radius 1 is 1.22 bits per heavy atom. The van der Waals surface area contributed by atoms with Crippen LogP contribution in [0.5, 0.6) is 0 Å². The molecule has 7 nitrogen and oxygen atoms in total. The minimum atomic E-state index is -0.949. The van der Waals surface area contributed by atoms with Gasteiger partial charge in [0.05, 0.1) is 5.56 Å². The second kappa shape index (κ2) is 7.87. The molecule has 0 radical (unpaired) electrons. The van der Waals surface area contributed by atoms with Crippen LogP contribution in [-0.2, 0) is 4.74 Å². The van der Waals surface area contributed by atoms with E-state index >= 15 is 0 Å². The van der Waals surface area contributed by atoms with Crippen LogP contribution < -0.4 is 14.9 Å². The number of alkyl halides is 2. The normalized spacial score (nSPS) is 13.8. The number of hydrogen-bond acceptors (Lipinski definition) is 4. The molecule has 3 N–H and O–H groups in total. The first-order valence-corrected chi connectivity index (χ1v) is 7.32. The van der Waals surface area contributed by atoms with Gasteiger partial charge in [0, 0.05) is 24.3 Å². The Bertz CT molecular complexity index is 709. The summed E-state index contributed by atoms with van der Waals surface area (Å²) in [6, 6.07) is 8.22. The third-order valence-corrected chi connectivity index (χ3v) is 3.57. The minimum absolute atomic E-state index is 0.353. The number of pyridine rings is 2. The van der Waals surface area contributed by atoms with Crippen molar-refractivity contribution in [3.8, 4) is 0 Å². The number of carbonyl (C=O) groups is 1. The molecule has 0 aromatic carbocycles. The summed E-state index contributed by atoms with van der Waals surface area (Å²) >= 11 is 12.4. The van der Waals surface area contributed by atoms with Gasteiger partial charge in [-0.15, -0.1) is 0 Å². The van der Waals surface area contributed by atoms with Gasteiger partial charge < -0.3 is 10.9 Å². The molecule has 0 aliphatic heterocycles. The lowest BCUT2D eigenvalue weighted by Crippen LogP contribution is -2.46. The van der Waals surface area contributed by atoms with Gasteiger partial charge in [0.1, 0.15) is 6.21 Å². The highest BCUT2D eigenvalue weighted by molar-refractivity contribution is 6.19. The highest BCUT2D eigenvalue weighted by Crippen LogP contribution is 2.16. The summed E-state index contributed by atoms with van der Waals surface area (Å²) < 4.78 is 8.54. The second-order valence-electron chi connectivity index (χ2n) is 4.40. The van der Waals surface area contributed by atoms with Gasteiger partial charge in [0.2, 0.25) is 11.6 Å².